The molecule has 2 N–H and O–H groups in total. The van der Waals surface area contributed by atoms with E-state index in [0.717, 1.165) is 19.2 Å². The fraction of sp³-hybridized carbons (Fsp3) is 0.222. The Bertz CT molecular complexity index is 392. The molecule has 1 unspecified atom stereocenters. The van der Waals surface area contributed by atoms with Crippen LogP contribution in [0, 0.1) is 11.6 Å². The van der Waals surface area contributed by atoms with Crippen LogP contribution in [-0.2, 0) is 9.53 Å². The summed E-state index contributed by atoms with van der Waals surface area (Å²) in [4.78, 5) is 10.8. The minimum atomic E-state index is -1.89. The third-order valence-corrected chi connectivity index (χ3v) is 1.82. The largest absolute Gasteiger partial charge is 0.503 e. The van der Waals surface area contributed by atoms with Crippen molar-refractivity contribution < 1.29 is 28.5 Å². The minimum Gasteiger partial charge on any atom is -0.503 e. The third kappa shape index (κ3) is 2.04. The Hall–Kier alpha value is -1.69. The predicted molar refractivity (Wildman–Crippen MR) is 45.0 cm³/mol. The second kappa shape index (κ2) is 4.22. The van der Waals surface area contributed by atoms with E-state index in [9.17, 15) is 18.7 Å². The molecular weight excluding hydrogens is 210 g/mol. The van der Waals surface area contributed by atoms with Crippen molar-refractivity contribution in [2.45, 2.75) is 6.10 Å². The van der Waals surface area contributed by atoms with Crippen LogP contribution in [0.2, 0.25) is 0 Å². The first-order valence-corrected chi connectivity index (χ1v) is 3.91. The van der Waals surface area contributed by atoms with Crippen LogP contribution >= 0.6 is 0 Å². The number of methoxy groups -OCH3 is 1. The van der Waals surface area contributed by atoms with Crippen LogP contribution in [0.25, 0.3) is 0 Å². The molecule has 1 aromatic carbocycles. The lowest BCUT2D eigenvalue weighted by atomic mass is 10.1. The van der Waals surface area contributed by atoms with E-state index in [4.69, 9.17) is 5.11 Å². The second-order valence-corrected chi connectivity index (χ2v) is 2.72. The molecule has 0 aliphatic carbocycles. The van der Waals surface area contributed by atoms with Gasteiger partial charge in [-0.05, 0) is 12.1 Å². The van der Waals surface area contributed by atoms with Crippen LogP contribution in [-0.4, -0.2) is 23.3 Å². The molecule has 1 rings (SSSR count). The Morgan fingerprint density at radius 3 is 2.60 bits per heavy atom. The van der Waals surface area contributed by atoms with Crippen molar-refractivity contribution in [3.8, 4) is 5.75 Å². The van der Waals surface area contributed by atoms with Crippen molar-refractivity contribution in [1.29, 1.82) is 0 Å². The van der Waals surface area contributed by atoms with Crippen LogP contribution in [0.15, 0.2) is 12.1 Å². The van der Waals surface area contributed by atoms with E-state index in [2.05, 4.69) is 4.74 Å². The van der Waals surface area contributed by atoms with E-state index in [1.165, 1.54) is 0 Å². The molecule has 1 atom stereocenters. The molecule has 0 spiro atoms. The fourth-order valence-electron chi connectivity index (χ4n) is 1.01. The average molecular weight is 218 g/mol. The number of esters is 1. The molecule has 0 saturated heterocycles. The monoisotopic (exact) mass is 218 g/mol. The highest BCUT2D eigenvalue weighted by Crippen LogP contribution is 2.27. The smallest absolute Gasteiger partial charge is 0.339 e. The van der Waals surface area contributed by atoms with Crippen LogP contribution in [0.1, 0.15) is 11.7 Å². The normalized spacial score (nSPS) is 12.3. The van der Waals surface area contributed by atoms with Crippen LogP contribution in [0.5, 0.6) is 5.75 Å². The number of phenolic OH excluding ortho intramolecular Hbond substituents is 1. The number of hydrogen-bond acceptors (Lipinski definition) is 4. The Morgan fingerprint density at radius 2 is 2.07 bits per heavy atom. The van der Waals surface area contributed by atoms with Crippen LogP contribution in [0.3, 0.4) is 0 Å². The lowest BCUT2D eigenvalue weighted by Gasteiger charge is -2.10. The highest BCUT2D eigenvalue weighted by Gasteiger charge is 2.24. The Labute approximate surface area is 83.7 Å². The van der Waals surface area contributed by atoms with Gasteiger partial charge in [0.05, 0.1) is 7.11 Å². The minimum absolute atomic E-state index is 0.541. The first-order valence-electron chi connectivity index (χ1n) is 3.91. The SMILES string of the molecule is COC(=O)C(O)c1ccc(F)c(O)c1F. The van der Waals surface area contributed by atoms with E-state index in [1.807, 2.05) is 0 Å². The zero-order chi connectivity index (χ0) is 11.6. The number of rotatable bonds is 2. The van der Waals surface area contributed by atoms with Crippen molar-refractivity contribution in [1.82, 2.24) is 0 Å². The van der Waals surface area contributed by atoms with Crippen molar-refractivity contribution in [2.75, 3.05) is 7.11 Å². The van der Waals surface area contributed by atoms with Gasteiger partial charge in [0.25, 0.3) is 0 Å². The Balaban J connectivity index is 3.16. The summed E-state index contributed by atoms with van der Waals surface area (Å²) in [5, 5.41) is 18.1. The van der Waals surface area contributed by atoms with Gasteiger partial charge in [0.2, 0.25) is 0 Å². The number of aromatic hydroxyl groups is 1. The molecule has 0 heterocycles. The summed E-state index contributed by atoms with van der Waals surface area (Å²) in [5.41, 5.74) is -0.541. The number of aliphatic hydroxyl groups is 1. The van der Waals surface area contributed by atoms with E-state index in [0.29, 0.717) is 0 Å². The maximum absolute atomic E-state index is 13.2. The number of halogens is 2. The van der Waals surface area contributed by atoms with Gasteiger partial charge in [-0.1, -0.05) is 0 Å². The molecule has 0 aliphatic heterocycles. The molecule has 0 bridgehead atoms. The number of carbonyl (C=O) groups is 1. The predicted octanol–water partition coefficient (Wildman–Crippen LogP) is 0.877. The Kier molecular flexibility index (Phi) is 3.21. The van der Waals surface area contributed by atoms with Crippen molar-refractivity contribution in [2.24, 2.45) is 0 Å². The molecule has 0 amide bonds. The van der Waals surface area contributed by atoms with Gasteiger partial charge in [-0.3, -0.25) is 0 Å². The van der Waals surface area contributed by atoms with Gasteiger partial charge in [-0.15, -0.1) is 0 Å². The van der Waals surface area contributed by atoms with Crippen molar-refractivity contribution in [3.05, 3.63) is 29.3 Å². The number of phenols is 1. The highest BCUT2D eigenvalue weighted by atomic mass is 19.1. The maximum Gasteiger partial charge on any atom is 0.339 e. The molecular formula is C9H8F2O4. The summed E-state index contributed by atoms with van der Waals surface area (Å²) < 4.78 is 29.9. The topological polar surface area (TPSA) is 66.8 Å². The molecule has 6 heteroatoms. The molecule has 15 heavy (non-hydrogen) atoms. The van der Waals surface area contributed by atoms with E-state index >= 15 is 0 Å². The first-order chi connectivity index (χ1) is 6.99. The molecule has 0 saturated carbocycles. The summed E-state index contributed by atoms with van der Waals surface area (Å²) in [5.74, 6) is -4.89. The number of carbonyl (C=O) groups excluding carboxylic acids is 1. The Morgan fingerprint density at radius 1 is 1.47 bits per heavy atom. The number of benzene rings is 1. The van der Waals surface area contributed by atoms with Gasteiger partial charge in [0.15, 0.2) is 23.5 Å². The van der Waals surface area contributed by atoms with E-state index in [1.54, 1.807) is 0 Å². The maximum atomic E-state index is 13.2. The van der Waals surface area contributed by atoms with Crippen molar-refractivity contribution >= 4 is 5.97 Å². The number of aliphatic hydroxyl groups excluding tert-OH is 1. The summed E-state index contributed by atoms with van der Waals surface area (Å²) in [7, 11) is 1.01. The first kappa shape index (κ1) is 11.4. The van der Waals surface area contributed by atoms with Gasteiger partial charge in [-0.25, -0.2) is 13.6 Å². The molecule has 0 radical (unpaired) electrons. The molecule has 4 nitrogen and oxygen atoms in total. The zero-order valence-electron chi connectivity index (χ0n) is 7.70. The fourth-order valence-corrected chi connectivity index (χ4v) is 1.01. The standard InChI is InChI=1S/C9H8F2O4/c1-15-9(14)7(12)4-2-3-5(10)8(13)6(4)11/h2-3,7,12-13H,1H3. The van der Waals surface area contributed by atoms with Gasteiger partial charge in [-0.2, -0.15) is 0 Å². The molecule has 1 aromatic rings. The molecule has 82 valence electrons. The molecule has 0 aromatic heterocycles. The van der Waals surface area contributed by atoms with Gasteiger partial charge < -0.3 is 14.9 Å². The van der Waals surface area contributed by atoms with Crippen LogP contribution < -0.4 is 0 Å². The van der Waals surface area contributed by atoms with Gasteiger partial charge in [0.1, 0.15) is 0 Å². The summed E-state index contributed by atoms with van der Waals surface area (Å²) in [6.07, 6.45) is -1.89. The van der Waals surface area contributed by atoms with Gasteiger partial charge in [0, 0.05) is 5.56 Å². The molecule has 0 fully saturated rings. The number of hydrogen-bond donors (Lipinski definition) is 2. The van der Waals surface area contributed by atoms with E-state index in [-0.39, 0.29) is 0 Å². The molecule has 0 aliphatic rings. The zero-order valence-corrected chi connectivity index (χ0v) is 7.70. The number of ether oxygens (including phenoxy) is 1. The van der Waals surface area contributed by atoms with Crippen LogP contribution in [0.4, 0.5) is 8.78 Å². The summed E-state index contributed by atoms with van der Waals surface area (Å²) >= 11 is 0. The summed E-state index contributed by atoms with van der Waals surface area (Å²) in [6, 6.07) is 1.59. The third-order valence-electron chi connectivity index (χ3n) is 1.82. The lowest BCUT2D eigenvalue weighted by Crippen LogP contribution is -2.15. The van der Waals surface area contributed by atoms with Crippen molar-refractivity contribution in [3.63, 3.8) is 0 Å². The second-order valence-electron chi connectivity index (χ2n) is 2.72. The summed E-state index contributed by atoms with van der Waals surface area (Å²) in [6.45, 7) is 0. The lowest BCUT2D eigenvalue weighted by molar-refractivity contribution is -0.150. The average Bonchev–Trinajstić information content (AvgIpc) is 2.24. The quantitative estimate of drug-likeness (QED) is 0.723. The van der Waals surface area contributed by atoms with E-state index < -0.39 is 35.0 Å². The van der Waals surface area contributed by atoms with Gasteiger partial charge >= 0.3 is 5.97 Å². The highest BCUT2D eigenvalue weighted by molar-refractivity contribution is 5.76.